The summed E-state index contributed by atoms with van der Waals surface area (Å²) in [5.41, 5.74) is 0.110. The van der Waals surface area contributed by atoms with Crippen molar-refractivity contribution in [2.45, 2.75) is 19.3 Å². The van der Waals surface area contributed by atoms with Gasteiger partial charge in [0, 0.05) is 12.5 Å². The summed E-state index contributed by atoms with van der Waals surface area (Å²) in [5.74, 6) is -4.04. The Balaban J connectivity index is 3.04. The van der Waals surface area contributed by atoms with Crippen LogP contribution in [0.25, 0.3) is 0 Å². The Kier molecular flexibility index (Phi) is 3.29. The summed E-state index contributed by atoms with van der Waals surface area (Å²) < 4.78 is 25.8. The average molecular weight is 235 g/mol. The van der Waals surface area contributed by atoms with E-state index in [9.17, 15) is 13.6 Å². The molecule has 0 saturated carbocycles. The molecule has 5 heteroatoms. The van der Waals surface area contributed by atoms with Gasteiger partial charge in [0.2, 0.25) is 0 Å². The van der Waals surface area contributed by atoms with Crippen molar-refractivity contribution in [3.63, 3.8) is 0 Å². The normalized spacial score (nSPS) is 11.5. The number of carbonyl (C=O) groups is 1. The number of halogens is 3. The molecule has 1 rings (SSSR count). The molecule has 1 N–H and O–H groups in total. The standard InChI is InChI=1S/C10H9ClF2O2/c1-10(12,13)7-3-2-6(4-8(7)11)5-9(14)15/h2-4H,5H2,1H3,(H,14,15). The van der Waals surface area contributed by atoms with Gasteiger partial charge in [0.25, 0.3) is 5.92 Å². The predicted octanol–water partition coefficient (Wildman–Crippen LogP) is 3.08. The Morgan fingerprint density at radius 3 is 2.53 bits per heavy atom. The average Bonchev–Trinajstić information content (AvgIpc) is 1.99. The number of rotatable bonds is 3. The monoisotopic (exact) mass is 234 g/mol. The molecule has 0 aliphatic carbocycles. The molecule has 2 nitrogen and oxygen atoms in total. The van der Waals surface area contributed by atoms with Crippen LogP contribution in [0.5, 0.6) is 0 Å². The molecule has 0 fully saturated rings. The van der Waals surface area contributed by atoms with Gasteiger partial charge in [-0.05, 0) is 11.6 Å². The van der Waals surface area contributed by atoms with Gasteiger partial charge in [0.05, 0.1) is 11.4 Å². The number of benzene rings is 1. The molecule has 0 bridgehead atoms. The lowest BCUT2D eigenvalue weighted by Gasteiger charge is -2.12. The summed E-state index contributed by atoms with van der Waals surface area (Å²) in [6, 6.07) is 3.75. The first-order valence-corrected chi connectivity index (χ1v) is 4.57. The highest BCUT2D eigenvalue weighted by atomic mass is 35.5. The number of hydrogen-bond acceptors (Lipinski definition) is 1. The number of alkyl halides is 2. The second-order valence-electron chi connectivity index (χ2n) is 3.27. The smallest absolute Gasteiger partial charge is 0.307 e. The number of carboxylic acids is 1. The molecule has 15 heavy (non-hydrogen) atoms. The molecule has 82 valence electrons. The molecule has 0 saturated heterocycles. The van der Waals surface area contributed by atoms with E-state index in [1.807, 2.05) is 0 Å². The summed E-state index contributed by atoms with van der Waals surface area (Å²) in [6.45, 7) is 0.741. The minimum atomic E-state index is -3.02. The highest BCUT2D eigenvalue weighted by Crippen LogP contribution is 2.33. The summed E-state index contributed by atoms with van der Waals surface area (Å²) in [7, 11) is 0. The molecule has 0 atom stereocenters. The minimum absolute atomic E-state index is 0.110. The molecular weight excluding hydrogens is 226 g/mol. The predicted molar refractivity (Wildman–Crippen MR) is 52.4 cm³/mol. The van der Waals surface area contributed by atoms with Gasteiger partial charge in [-0.25, -0.2) is 8.78 Å². The van der Waals surface area contributed by atoms with Gasteiger partial charge in [-0.2, -0.15) is 0 Å². The highest BCUT2D eigenvalue weighted by molar-refractivity contribution is 6.31. The molecular formula is C10H9ClF2O2. The zero-order chi connectivity index (χ0) is 11.6. The second kappa shape index (κ2) is 4.14. The van der Waals surface area contributed by atoms with E-state index in [1.54, 1.807) is 0 Å². The van der Waals surface area contributed by atoms with Crippen LogP contribution in [0.3, 0.4) is 0 Å². The maximum atomic E-state index is 12.9. The topological polar surface area (TPSA) is 37.3 Å². The Hall–Kier alpha value is -1.16. The third-order valence-corrected chi connectivity index (χ3v) is 2.17. The van der Waals surface area contributed by atoms with Crippen LogP contribution in [0.15, 0.2) is 18.2 Å². The maximum Gasteiger partial charge on any atom is 0.307 e. The van der Waals surface area contributed by atoms with Gasteiger partial charge in [-0.3, -0.25) is 4.79 Å². The Morgan fingerprint density at radius 2 is 2.13 bits per heavy atom. The van der Waals surface area contributed by atoms with Crippen LogP contribution in [0.4, 0.5) is 8.78 Å². The van der Waals surface area contributed by atoms with E-state index < -0.39 is 11.9 Å². The molecule has 0 heterocycles. The SMILES string of the molecule is CC(F)(F)c1ccc(CC(=O)O)cc1Cl. The first kappa shape index (κ1) is 11.9. The largest absolute Gasteiger partial charge is 0.481 e. The van der Waals surface area contributed by atoms with E-state index in [0.717, 1.165) is 13.0 Å². The highest BCUT2D eigenvalue weighted by Gasteiger charge is 2.27. The van der Waals surface area contributed by atoms with E-state index in [1.165, 1.54) is 12.1 Å². The summed E-state index contributed by atoms with van der Waals surface area (Å²) in [4.78, 5) is 10.4. The van der Waals surface area contributed by atoms with Crippen LogP contribution in [-0.2, 0) is 17.1 Å². The van der Waals surface area contributed by atoms with Gasteiger partial charge < -0.3 is 5.11 Å². The number of aliphatic carboxylic acids is 1. The van der Waals surface area contributed by atoms with Crippen LogP contribution < -0.4 is 0 Å². The summed E-state index contributed by atoms with van der Waals surface area (Å²) in [6.07, 6.45) is -0.227. The third kappa shape index (κ3) is 3.16. The Bertz CT molecular complexity index is 385. The van der Waals surface area contributed by atoms with Gasteiger partial charge in [0.1, 0.15) is 0 Å². The maximum absolute atomic E-state index is 12.9. The molecule has 0 aliphatic heterocycles. The molecule has 1 aromatic carbocycles. The van der Waals surface area contributed by atoms with Crippen LogP contribution in [0.1, 0.15) is 18.1 Å². The molecule has 0 spiro atoms. The molecule has 0 amide bonds. The molecule has 1 aromatic rings. The fraction of sp³-hybridized carbons (Fsp3) is 0.300. The van der Waals surface area contributed by atoms with Crippen LogP contribution >= 0.6 is 11.6 Å². The van der Waals surface area contributed by atoms with Crippen molar-refractivity contribution in [1.82, 2.24) is 0 Å². The van der Waals surface area contributed by atoms with Gasteiger partial charge >= 0.3 is 5.97 Å². The van der Waals surface area contributed by atoms with Crippen molar-refractivity contribution in [3.05, 3.63) is 34.3 Å². The first-order chi connectivity index (χ1) is 6.80. The van der Waals surface area contributed by atoms with Crippen molar-refractivity contribution in [3.8, 4) is 0 Å². The van der Waals surface area contributed by atoms with E-state index in [2.05, 4.69) is 0 Å². The molecule has 0 aliphatic rings. The van der Waals surface area contributed by atoms with Crippen LogP contribution in [0, 0.1) is 0 Å². The fourth-order valence-electron chi connectivity index (χ4n) is 1.20. The number of carboxylic acid groups (broad SMARTS) is 1. The lowest BCUT2D eigenvalue weighted by atomic mass is 10.1. The van der Waals surface area contributed by atoms with E-state index in [0.29, 0.717) is 5.56 Å². The number of hydrogen-bond donors (Lipinski definition) is 1. The van der Waals surface area contributed by atoms with Crippen molar-refractivity contribution >= 4 is 17.6 Å². The van der Waals surface area contributed by atoms with Crippen molar-refractivity contribution in [1.29, 1.82) is 0 Å². The molecule has 0 unspecified atom stereocenters. The molecule has 0 aromatic heterocycles. The van der Waals surface area contributed by atoms with E-state index in [4.69, 9.17) is 16.7 Å². The minimum Gasteiger partial charge on any atom is -0.481 e. The van der Waals surface area contributed by atoms with E-state index >= 15 is 0 Å². The van der Waals surface area contributed by atoms with Crippen LogP contribution in [-0.4, -0.2) is 11.1 Å². The van der Waals surface area contributed by atoms with E-state index in [-0.39, 0.29) is 17.0 Å². The van der Waals surface area contributed by atoms with Crippen molar-refractivity contribution in [2.24, 2.45) is 0 Å². The Morgan fingerprint density at radius 1 is 1.53 bits per heavy atom. The Labute approximate surface area is 90.5 Å². The third-order valence-electron chi connectivity index (χ3n) is 1.86. The first-order valence-electron chi connectivity index (χ1n) is 4.19. The van der Waals surface area contributed by atoms with Crippen LogP contribution in [0.2, 0.25) is 5.02 Å². The van der Waals surface area contributed by atoms with Gasteiger partial charge in [-0.15, -0.1) is 0 Å². The molecule has 0 radical (unpaired) electrons. The quantitative estimate of drug-likeness (QED) is 0.873. The lowest BCUT2D eigenvalue weighted by Crippen LogP contribution is -2.08. The lowest BCUT2D eigenvalue weighted by molar-refractivity contribution is -0.136. The zero-order valence-corrected chi connectivity index (χ0v) is 8.68. The van der Waals surface area contributed by atoms with Gasteiger partial charge in [0.15, 0.2) is 0 Å². The fourth-order valence-corrected chi connectivity index (χ4v) is 1.57. The zero-order valence-electron chi connectivity index (χ0n) is 7.93. The van der Waals surface area contributed by atoms with Gasteiger partial charge in [-0.1, -0.05) is 23.7 Å². The van der Waals surface area contributed by atoms with Crippen molar-refractivity contribution in [2.75, 3.05) is 0 Å². The summed E-state index contributed by atoms with van der Waals surface area (Å²) >= 11 is 5.62. The summed E-state index contributed by atoms with van der Waals surface area (Å²) in [5, 5.41) is 8.39. The van der Waals surface area contributed by atoms with Crippen molar-refractivity contribution < 1.29 is 18.7 Å². The second-order valence-corrected chi connectivity index (χ2v) is 3.68.